The molecule has 5 N–H and O–H groups in total. The van der Waals surface area contributed by atoms with Crippen molar-refractivity contribution in [2.45, 2.75) is 84.9 Å². The van der Waals surface area contributed by atoms with Gasteiger partial charge in [0.15, 0.2) is 23.9 Å². The number of rotatable bonds is 22. The number of unbranched alkanes of at least 4 members (excludes halogenated alkanes) is 2. The molecule has 0 bridgehead atoms. The van der Waals surface area contributed by atoms with Gasteiger partial charge in [-0.3, -0.25) is 29.2 Å². The summed E-state index contributed by atoms with van der Waals surface area (Å²) in [5, 5.41) is 27.4. The number of carbonyl (C=O) groups excluding carboxylic acids is 5. The fourth-order valence-electron chi connectivity index (χ4n) is 5.38. The van der Waals surface area contributed by atoms with E-state index < -0.39 is 66.5 Å². The number of aliphatic carboxylic acids is 1. The number of carboxylic acid groups (broad SMARTS) is 1. The quantitative estimate of drug-likeness (QED) is 0.0247. The minimum atomic E-state index is -1.62. The number of carbonyl (C=O) groups is 6. The second-order valence-electron chi connectivity index (χ2n) is 11.8. The first-order valence-electron chi connectivity index (χ1n) is 17.0. The molecule has 0 radical (unpaired) electrons. The fourth-order valence-corrected chi connectivity index (χ4v) is 5.38. The molecule has 0 unspecified atom stereocenters. The number of nitrogens with zero attached hydrogens (tertiary/aromatic N) is 1. The molecule has 0 aliphatic rings. The van der Waals surface area contributed by atoms with E-state index in [1.54, 1.807) is 13.8 Å². The predicted octanol–water partition coefficient (Wildman–Crippen LogP) is 3.14. The highest BCUT2D eigenvalue weighted by molar-refractivity contribution is 6.00. The molecule has 3 rings (SSSR count). The Labute approximate surface area is 303 Å². The van der Waals surface area contributed by atoms with Crippen LogP contribution in [0.1, 0.15) is 91.7 Å². The first-order valence-corrected chi connectivity index (χ1v) is 17.0. The number of benzene rings is 1. The Kier molecular flexibility index (Phi) is 15.8. The molecule has 18 heteroatoms. The number of furan rings is 1. The van der Waals surface area contributed by atoms with E-state index in [2.05, 4.69) is 16.0 Å². The second kappa shape index (κ2) is 20.2. The largest absolute Gasteiger partial charge is 0.519 e. The first-order chi connectivity index (χ1) is 25.3. The number of hydrogen-bond donors (Lipinski definition) is 5. The number of nitrogens with one attached hydrogen (secondary N) is 3. The number of hydrogen-bond acceptors (Lipinski definition) is 13. The van der Waals surface area contributed by atoms with Gasteiger partial charge in [0.05, 0.1) is 37.2 Å². The molecule has 0 saturated heterocycles. The van der Waals surface area contributed by atoms with E-state index in [4.69, 9.17) is 22.7 Å². The van der Waals surface area contributed by atoms with Crippen LogP contribution in [-0.2, 0) is 30.5 Å². The van der Waals surface area contributed by atoms with Crippen LogP contribution in [0.25, 0.3) is 11.3 Å². The first kappa shape index (κ1) is 41.5. The molecule has 2 heterocycles. The summed E-state index contributed by atoms with van der Waals surface area (Å²) in [4.78, 5) is 85.8. The second-order valence-corrected chi connectivity index (χ2v) is 11.8. The normalized spacial score (nSPS) is 12.5. The topological polar surface area (TPSA) is 257 Å². The van der Waals surface area contributed by atoms with E-state index in [0.29, 0.717) is 29.9 Å². The molecule has 0 fully saturated rings. The number of esters is 1. The molecule has 4 amide bonds. The van der Waals surface area contributed by atoms with E-state index in [1.165, 1.54) is 37.3 Å². The molecule has 3 aromatic rings. The number of hydroxylamine groups is 2. The van der Waals surface area contributed by atoms with Crippen molar-refractivity contribution in [3.05, 3.63) is 63.8 Å². The van der Waals surface area contributed by atoms with Crippen molar-refractivity contribution in [3.63, 3.8) is 0 Å². The molecule has 0 saturated carbocycles. The maximum absolute atomic E-state index is 13.3. The van der Waals surface area contributed by atoms with Gasteiger partial charge in [-0.15, -0.1) is 0 Å². The van der Waals surface area contributed by atoms with E-state index in [1.807, 2.05) is 6.92 Å². The van der Waals surface area contributed by atoms with Gasteiger partial charge in [-0.25, -0.2) is 14.7 Å². The number of carboxylic acids is 1. The monoisotopic (exact) mass is 744 g/mol. The SMILES string of the molecule is CCCCC[C@@H](C(=O)NCNC(=O)c1ccc(-c2ccc(C(=O)N[C@@H](CC(=O)O)C(=O)OCc3oc(=O)oc3C)c(OCC)c2)o1)[C@@H](CC)N(O)C=O. The maximum atomic E-state index is 13.3. The minimum absolute atomic E-state index is 0.0495. The van der Waals surface area contributed by atoms with E-state index in [0.717, 1.165) is 12.8 Å². The standard InChI is InChI=1S/C35H44N4O14/c1-5-8-9-10-22(25(6-2)39(48)19-40)31(43)36-18-37-33(45)27-14-13-26(52-27)21-11-12-23(28(15-21)49-7-3)32(44)38-24(16-30(41)42)34(46)50-17-29-20(4)51-35(47)53-29/h11-15,19,22,24-25,48H,5-10,16-18H2,1-4H3,(H,36,43)(H,37,45)(H,38,44)(H,41,42)/t22-,24+,25-/m1/s1. The summed E-state index contributed by atoms with van der Waals surface area (Å²) in [7, 11) is 0. The van der Waals surface area contributed by atoms with Crippen LogP contribution in [0.2, 0.25) is 0 Å². The summed E-state index contributed by atoms with van der Waals surface area (Å²) < 4.78 is 25.9. The smallest absolute Gasteiger partial charge is 0.493 e. The van der Waals surface area contributed by atoms with Crippen LogP contribution in [-0.4, -0.2) is 76.8 Å². The Balaban J connectivity index is 1.68. The van der Waals surface area contributed by atoms with Crippen LogP contribution in [0.3, 0.4) is 0 Å². The zero-order valence-electron chi connectivity index (χ0n) is 29.8. The Morgan fingerprint density at radius 2 is 1.74 bits per heavy atom. The van der Waals surface area contributed by atoms with Crippen LogP contribution >= 0.6 is 0 Å². The highest BCUT2D eigenvalue weighted by atomic mass is 16.6. The van der Waals surface area contributed by atoms with Gasteiger partial charge in [0.25, 0.3) is 11.8 Å². The molecule has 18 nitrogen and oxygen atoms in total. The van der Waals surface area contributed by atoms with Gasteiger partial charge in [-0.1, -0.05) is 39.2 Å². The summed E-state index contributed by atoms with van der Waals surface area (Å²) in [5.41, 5.74) is 0.353. The molecule has 288 valence electrons. The van der Waals surface area contributed by atoms with Crippen molar-refractivity contribution in [3.8, 4) is 17.1 Å². The molecule has 2 aromatic heterocycles. The van der Waals surface area contributed by atoms with Crippen LogP contribution in [0.15, 0.2) is 48.4 Å². The van der Waals surface area contributed by atoms with E-state index >= 15 is 0 Å². The van der Waals surface area contributed by atoms with Gasteiger partial charge < -0.3 is 43.8 Å². The highest BCUT2D eigenvalue weighted by Gasteiger charge is 2.31. The molecule has 0 spiro atoms. The molecule has 1 aromatic carbocycles. The van der Waals surface area contributed by atoms with Gasteiger partial charge >= 0.3 is 17.8 Å². The highest BCUT2D eigenvalue weighted by Crippen LogP contribution is 2.29. The zero-order chi connectivity index (χ0) is 39.1. The van der Waals surface area contributed by atoms with Crippen LogP contribution in [0.4, 0.5) is 0 Å². The van der Waals surface area contributed by atoms with Gasteiger partial charge in [-0.2, -0.15) is 0 Å². The average Bonchev–Trinajstić information content (AvgIpc) is 3.75. The summed E-state index contributed by atoms with van der Waals surface area (Å²) >= 11 is 0. The predicted molar refractivity (Wildman–Crippen MR) is 182 cm³/mol. The molecule has 0 aliphatic carbocycles. The van der Waals surface area contributed by atoms with Crippen molar-refractivity contribution in [1.29, 1.82) is 0 Å². The lowest BCUT2D eigenvalue weighted by molar-refractivity contribution is -0.168. The van der Waals surface area contributed by atoms with Crippen LogP contribution in [0.5, 0.6) is 5.75 Å². The minimum Gasteiger partial charge on any atom is -0.493 e. The third kappa shape index (κ3) is 11.8. The molecule has 3 atom stereocenters. The van der Waals surface area contributed by atoms with Crippen molar-refractivity contribution >= 4 is 36.1 Å². The Hall–Kier alpha value is -5.91. The lowest BCUT2D eigenvalue weighted by Crippen LogP contribution is -2.47. The summed E-state index contributed by atoms with van der Waals surface area (Å²) in [6.07, 6.45) is 2.72. The summed E-state index contributed by atoms with van der Waals surface area (Å²) in [6, 6.07) is 4.86. The molecular formula is C35H44N4O14. The Bertz CT molecular complexity index is 1790. The van der Waals surface area contributed by atoms with Gasteiger partial charge in [0, 0.05) is 5.56 Å². The third-order valence-electron chi connectivity index (χ3n) is 8.09. The number of ether oxygens (including phenoxy) is 2. The van der Waals surface area contributed by atoms with Crippen molar-refractivity contribution in [2.24, 2.45) is 5.92 Å². The molecular weight excluding hydrogens is 700 g/mol. The number of amides is 4. The van der Waals surface area contributed by atoms with Crippen LogP contribution < -0.4 is 26.5 Å². The fraction of sp³-hybridized carbons (Fsp3) is 0.457. The summed E-state index contributed by atoms with van der Waals surface area (Å²) in [5.74, 6) is -5.98. The number of aryl methyl sites for hydroxylation is 1. The van der Waals surface area contributed by atoms with E-state index in [9.17, 15) is 43.9 Å². The lowest BCUT2D eigenvalue weighted by Gasteiger charge is -2.29. The van der Waals surface area contributed by atoms with Crippen molar-refractivity contribution in [2.75, 3.05) is 13.3 Å². The van der Waals surface area contributed by atoms with Gasteiger partial charge in [-0.05, 0) is 51.0 Å². The zero-order valence-corrected chi connectivity index (χ0v) is 29.8. The maximum Gasteiger partial charge on any atom is 0.519 e. The van der Waals surface area contributed by atoms with Crippen LogP contribution in [0, 0.1) is 12.8 Å². The van der Waals surface area contributed by atoms with Gasteiger partial charge in [0.1, 0.15) is 17.6 Å². The van der Waals surface area contributed by atoms with Crippen molar-refractivity contribution in [1.82, 2.24) is 21.0 Å². The Morgan fingerprint density at radius 3 is 2.36 bits per heavy atom. The average molecular weight is 745 g/mol. The van der Waals surface area contributed by atoms with Crippen molar-refractivity contribution < 1.29 is 61.8 Å². The lowest BCUT2D eigenvalue weighted by atomic mass is 9.90. The van der Waals surface area contributed by atoms with E-state index in [-0.39, 0.29) is 54.0 Å². The molecule has 0 aliphatic heterocycles. The molecule has 53 heavy (non-hydrogen) atoms. The Morgan fingerprint density at radius 1 is 0.981 bits per heavy atom. The van der Waals surface area contributed by atoms with Gasteiger partial charge in [0.2, 0.25) is 12.3 Å². The third-order valence-corrected chi connectivity index (χ3v) is 8.09. The summed E-state index contributed by atoms with van der Waals surface area (Å²) in [6.45, 7) is 6.17.